The lowest BCUT2D eigenvalue weighted by molar-refractivity contribution is -0.130. The number of hydrogen-bond donors (Lipinski definition) is 1. The van der Waals surface area contributed by atoms with Crippen LogP contribution in [0.5, 0.6) is 5.88 Å². The summed E-state index contributed by atoms with van der Waals surface area (Å²) in [6, 6.07) is 4.84. The maximum absolute atomic E-state index is 12.4. The number of ether oxygens (including phenoxy) is 1. The molecule has 2 aromatic heterocycles. The number of aromatic nitrogens is 4. The number of nitrogens with zero attached hydrogens (tertiary/aromatic N) is 5. The molecular formula is C17H22N6O4. The van der Waals surface area contributed by atoms with E-state index in [1.165, 1.54) is 16.8 Å². The Labute approximate surface area is 155 Å². The summed E-state index contributed by atoms with van der Waals surface area (Å²) in [6.07, 6.45) is 2.14. The summed E-state index contributed by atoms with van der Waals surface area (Å²) in [4.78, 5) is 40.8. The molecule has 1 saturated heterocycles. The highest BCUT2D eigenvalue weighted by Gasteiger charge is 2.27. The molecular weight excluding hydrogens is 352 g/mol. The third-order valence-corrected chi connectivity index (χ3v) is 4.33. The molecule has 3 heterocycles. The lowest BCUT2D eigenvalue weighted by atomic mass is 10.3. The second-order valence-corrected chi connectivity index (χ2v) is 6.55. The molecule has 144 valence electrons. The smallest absolute Gasteiger partial charge is 0.328 e. The molecule has 3 rings (SSSR count). The van der Waals surface area contributed by atoms with E-state index in [4.69, 9.17) is 4.74 Å². The first-order valence-electron chi connectivity index (χ1n) is 8.67. The molecule has 1 atom stereocenters. The van der Waals surface area contributed by atoms with E-state index in [2.05, 4.69) is 15.2 Å². The van der Waals surface area contributed by atoms with Gasteiger partial charge in [0.15, 0.2) is 5.82 Å². The molecule has 0 aromatic carbocycles. The van der Waals surface area contributed by atoms with Crippen molar-refractivity contribution in [3.63, 3.8) is 0 Å². The van der Waals surface area contributed by atoms with Crippen LogP contribution >= 0.6 is 0 Å². The number of anilines is 1. The zero-order valence-electron chi connectivity index (χ0n) is 15.3. The van der Waals surface area contributed by atoms with Gasteiger partial charge in [-0.3, -0.25) is 14.6 Å². The van der Waals surface area contributed by atoms with Crippen LogP contribution in [-0.4, -0.2) is 63.8 Å². The minimum atomic E-state index is -0.516. The van der Waals surface area contributed by atoms with E-state index in [9.17, 15) is 14.4 Å². The summed E-state index contributed by atoms with van der Waals surface area (Å²) in [5.74, 6) is 1.11. The minimum absolute atomic E-state index is 0.0618. The molecule has 1 aliphatic heterocycles. The highest BCUT2D eigenvalue weighted by atomic mass is 16.5. The summed E-state index contributed by atoms with van der Waals surface area (Å²) in [5, 5.41) is 8.11. The molecule has 1 aliphatic rings. The monoisotopic (exact) mass is 374 g/mol. The van der Waals surface area contributed by atoms with Crippen LogP contribution in [0.2, 0.25) is 0 Å². The average Bonchev–Trinajstić information content (AvgIpc) is 3.10. The molecule has 0 bridgehead atoms. The van der Waals surface area contributed by atoms with Crippen LogP contribution in [0.25, 0.3) is 0 Å². The molecule has 1 N–H and O–H groups in total. The molecule has 0 spiro atoms. The van der Waals surface area contributed by atoms with Gasteiger partial charge in [0.1, 0.15) is 6.10 Å². The van der Waals surface area contributed by atoms with Crippen molar-refractivity contribution in [2.24, 2.45) is 0 Å². The van der Waals surface area contributed by atoms with Crippen LogP contribution in [-0.2, 0) is 11.3 Å². The molecule has 0 saturated carbocycles. The Balaban J connectivity index is 1.50. The summed E-state index contributed by atoms with van der Waals surface area (Å²) in [6.45, 7) is 1.28. The highest BCUT2D eigenvalue weighted by molar-refractivity contribution is 5.76. The zero-order valence-corrected chi connectivity index (χ0v) is 15.3. The second kappa shape index (κ2) is 8.02. The van der Waals surface area contributed by atoms with Crippen LogP contribution in [0.15, 0.2) is 34.0 Å². The third-order valence-electron chi connectivity index (χ3n) is 4.33. The molecule has 1 unspecified atom stereocenters. The third kappa shape index (κ3) is 4.72. The van der Waals surface area contributed by atoms with Gasteiger partial charge in [-0.15, -0.1) is 10.2 Å². The summed E-state index contributed by atoms with van der Waals surface area (Å²) in [5.41, 5.74) is -0.971. The van der Waals surface area contributed by atoms with E-state index in [0.29, 0.717) is 25.4 Å². The quantitative estimate of drug-likeness (QED) is 0.722. The van der Waals surface area contributed by atoms with Crippen LogP contribution in [0.4, 0.5) is 5.82 Å². The Bertz CT molecular complexity index is 905. The zero-order chi connectivity index (χ0) is 19.4. The van der Waals surface area contributed by atoms with Crippen LogP contribution < -0.4 is 20.9 Å². The SMILES string of the molecule is CN(C)c1ccc(OC2CCN(C(=O)CCn3ccc(=O)[nH]c3=O)C2)nn1. The van der Waals surface area contributed by atoms with Crippen molar-refractivity contribution >= 4 is 11.7 Å². The Morgan fingerprint density at radius 2 is 2.11 bits per heavy atom. The lowest BCUT2D eigenvalue weighted by Crippen LogP contribution is -2.34. The highest BCUT2D eigenvalue weighted by Crippen LogP contribution is 2.18. The summed E-state index contributed by atoms with van der Waals surface area (Å²) < 4.78 is 7.12. The number of carbonyl (C=O) groups excluding carboxylic acids is 1. The van der Waals surface area contributed by atoms with E-state index in [1.54, 1.807) is 11.0 Å². The minimum Gasteiger partial charge on any atom is -0.471 e. The van der Waals surface area contributed by atoms with Gasteiger partial charge in [-0.25, -0.2) is 4.79 Å². The normalized spacial score (nSPS) is 16.4. The Kier molecular flexibility index (Phi) is 5.53. The van der Waals surface area contributed by atoms with Crippen molar-refractivity contribution in [1.82, 2.24) is 24.6 Å². The molecule has 1 amide bonds. The Morgan fingerprint density at radius 1 is 1.30 bits per heavy atom. The summed E-state index contributed by atoms with van der Waals surface area (Å²) >= 11 is 0. The van der Waals surface area contributed by atoms with Gasteiger partial charge in [-0.1, -0.05) is 0 Å². The van der Waals surface area contributed by atoms with E-state index < -0.39 is 11.2 Å². The van der Waals surface area contributed by atoms with E-state index in [0.717, 1.165) is 5.82 Å². The van der Waals surface area contributed by atoms with Crippen LogP contribution in [0.3, 0.4) is 0 Å². The number of rotatable bonds is 6. The number of amides is 1. The number of likely N-dealkylation sites (tertiary alicyclic amines) is 1. The predicted octanol–water partition coefficient (Wildman–Crippen LogP) is -0.537. The number of aromatic amines is 1. The lowest BCUT2D eigenvalue weighted by Gasteiger charge is -2.17. The van der Waals surface area contributed by atoms with E-state index in [-0.39, 0.29) is 25.0 Å². The van der Waals surface area contributed by atoms with Gasteiger partial charge in [0, 0.05) is 58.4 Å². The maximum Gasteiger partial charge on any atom is 0.328 e. The van der Waals surface area contributed by atoms with Gasteiger partial charge in [0.2, 0.25) is 11.8 Å². The number of aryl methyl sites for hydroxylation is 1. The molecule has 27 heavy (non-hydrogen) atoms. The van der Waals surface area contributed by atoms with Crippen molar-refractivity contribution in [3.8, 4) is 5.88 Å². The molecule has 2 aromatic rings. The first kappa shape index (κ1) is 18.6. The Hall–Kier alpha value is -3.17. The van der Waals surface area contributed by atoms with Gasteiger partial charge in [-0.05, 0) is 6.07 Å². The largest absolute Gasteiger partial charge is 0.471 e. The van der Waals surface area contributed by atoms with Crippen molar-refractivity contribution in [3.05, 3.63) is 45.2 Å². The molecule has 10 nitrogen and oxygen atoms in total. The average molecular weight is 374 g/mol. The van der Waals surface area contributed by atoms with Gasteiger partial charge < -0.3 is 19.1 Å². The molecule has 0 radical (unpaired) electrons. The fourth-order valence-electron chi connectivity index (χ4n) is 2.83. The van der Waals surface area contributed by atoms with Crippen LogP contribution in [0.1, 0.15) is 12.8 Å². The second-order valence-electron chi connectivity index (χ2n) is 6.55. The maximum atomic E-state index is 12.4. The topological polar surface area (TPSA) is 113 Å². The number of H-pyrrole nitrogens is 1. The van der Waals surface area contributed by atoms with Crippen LogP contribution in [0, 0.1) is 0 Å². The summed E-state index contributed by atoms with van der Waals surface area (Å²) in [7, 11) is 3.76. The van der Waals surface area contributed by atoms with Crippen molar-refractivity contribution in [2.45, 2.75) is 25.5 Å². The van der Waals surface area contributed by atoms with Gasteiger partial charge >= 0.3 is 5.69 Å². The number of hydrogen-bond acceptors (Lipinski definition) is 7. The molecule has 0 aliphatic carbocycles. The van der Waals surface area contributed by atoms with Gasteiger partial charge in [0.25, 0.3) is 5.56 Å². The molecule has 10 heteroatoms. The predicted molar refractivity (Wildman–Crippen MR) is 97.9 cm³/mol. The fraction of sp³-hybridized carbons (Fsp3) is 0.471. The number of carbonyl (C=O) groups is 1. The first-order valence-corrected chi connectivity index (χ1v) is 8.67. The van der Waals surface area contributed by atoms with Gasteiger partial charge in [-0.2, -0.15) is 0 Å². The van der Waals surface area contributed by atoms with E-state index >= 15 is 0 Å². The van der Waals surface area contributed by atoms with Crippen molar-refractivity contribution in [1.29, 1.82) is 0 Å². The van der Waals surface area contributed by atoms with Crippen molar-refractivity contribution < 1.29 is 9.53 Å². The first-order chi connectivity index (χ1) is 12.9. The van der Waals surface area contributed by atoms with Crippen molar-refractivity contribution in [2.75, 3.05) is 32.1 Å². The van der Waals surface area contributed by atoms with Gasteiger partial charge in [0.05, 0.1) is 6.54 Å². The van der Waals surface area contributed by atoms with E-state index in [1.807, 2.05) is 25.1 Å². The number of nitrogens with one attached hydrogen (secondary N) is 1. The fourth-order valence-corrected chi connectivity index (χ4v) is 2.83. The standard InChI is InChI=1S/C17H22N6O4/c1-21(2)13-3-4-15(20-19-13)27-12-5-8-23(11-12)16(25)7-10-22-9-6-14(24)18-17(22)26/h3-4,6,9,12H,5,7-8,10-11H2,1-2H3,(H,18,24,26). The Morgan fingerprint density at radius 3 is 2.78 bits per heavy atom. The molecule has 1 fully saturated rings.